The van der Waals surface area contributed by atoms with Crippen molar-refractivity contribution in [1.82, 2.24) is 9.88 Å². The Morgan fingerprint density at radius 1 is 1.37 bits per heavy atom. The zero-order chi connectivity index (χ0) is 19.6. The molecule has 0 saturated heterocycles. The van der Waals surface area contributed by atoms with Gasteiger partial charge in [0, 0.05) is 12.4 Å². The molecule has 2 aromatic heterocycles. The first-order valence-electron chi connectivity index (χ1n) is 8.27. The molecule has 27 heavy (non-hydrogen) atoms. The van der Waals surface area contributed by atoms with Gasteiger partial charge >= 0.3 is 0 Å². The number of benzene rings is 1. The number of nitrogens with zero attached hydrogens (tertiary/aromatic N) is 2. The summed E-state index contributed by atoms with van der Waals surface area (Å²) in [5.41, 5.74) is 0.892. The van der Waals surface area contributed by atoms with Crippen molar-refractivity contribution in [3.05, 3.63) is 71.0 Å². The van der Waals surface area contributed by atoms with Gasteiger partial charge in [0.15, 0.2) is 11.6 Å². The smallest absolute Gasteiger partial charge is 0.256 e. The first kappa shape index (κ1) is 18.3. The quantitative estimate of drug-likeness (QED) is 0.742. The second-order valence-electron chi connectivity index (χ2n) is 6.00. The lowest BCUT2D eigenvalue weighted by Crippen LogP contribution is -2.27. The number of carbonyl (C=O) groups excluding carboxylic acids is 1. The number of furan rings is 1. The van der Waals surface area contributed by atoms with Crippen molar-refractivity contribution in [3.8, 4) is 17.7 Å². The molecule has 6 nitrogen and oxygen atoms in total. The van der Waals surface area contributed by atoms with E-state index in [1.165, 1.54) is 19.2 Å². The number of methoxy groups -OCH3 is 1. The highest BCUT2D eigenvalue weighted by atomic mass is 19.1. The fraction of sp³-hybridized carbons (Fsp3) is 0.200. The van der Waals surface area contributed by atoms with Gasteiger partial charge in [-0.2, -0.15) is 5.26 Å². The third-order valence-electron chi connectivity index (χ3n) is 4.27. The maximum Gasteiger partial charge on any atom is 0.256 e. The molecule has 0 radical (unpaired) electrons. The van der Waals surface area contributed by atoms with Gasteiger partial charge in [0.2, 0.25) is 5.88 Å². The Bertz CT molecular complexity index is 1020. The maximum absolute atomic E-state index is 13.9. The second kappa shape index (κ2) is 7.38. The molecule has 138 valence electrons. The van der Waals surface area contributed by atoms with E-state index in [0.717, 1.165) is 0 Å². The van der Waals surface area contributed by atoms with Crippen LogP contribution in [-0.4, -0.2) is 17.6 Å². The van der Waals surface area contributed by atoms with Crippen molar-refractivity contribution < 1.29 is 18.3 Å². The van der Waals surface area contributed by atoms with E-state index in [9.17, 15) is 14.4 Å². The summed E-state index contributed by atoms with van der Waals surface area (Å²) in [6.07, 6.45) is 3.45. The third-order valence-corrected chi connectivity index (χ3v) is 4.27. The maximum atomic E-state index is 13.9. The number of carbonyl (C=O) groups is 1. The van der Waals surface area contributed by atoms with Crippen LogP contribution in [0.1, 0.15) is 40.2 Å². The van der Waals surface area contributed by atoms with E-state index in [-0.39, 0.29) is 22.8 Å². The first-order chi connectivity index (χ1) is 13.0. The number of rotatable bonds is 5. The van der Waals surface area contributed by atoms with E-state index in [0.29, 0.717) is 11.3 Å². The highest BCUT2D eigenvalue weighted by Gasteiger charge is 2.25. The summed E-state index contributed by atoms with van der Waals surface area (Å²) in [5.74, 6) is -0.224. The molecule has 0 aliphatic heterocycles. The van der Waals surface area contributed by atoms with Gasteiger partial charge in [-0.1, -0.05) is 6.07 Å². The van der Waals surface area contributed by atoms with Gasteiger partial charge in [0.05, 0.1) is 13.2 Å². The molecular weight excluding hydrogens is 349 g/mol. The number of ether oxygens (including phenoxy) is 1. The fourth-order valence-electron chi connectivity index (χ4n) is 2.86. The molecule has 1 atom stereocenters. The van der Waals surface area contributed by atoms with Crippen molar-refractivity contribution in [3.63, 3.8) is 0 Å². The number of nitrogens with one attached hydrogen (secondary N) is 1. The van der Waals surface area contributed by atoms with Crippen molar-refractivity contribution in [2.75, 3.05) is 7.11 Å². The Morgan fingerprint density at radius 2 is 2.07 bits per heavy atom. The molecule has 3 rings (SSSR count). The molecular formula is C20H18FN3O3. The van der Waals surface area contributed by atoms with Crippen LogP contribution in [0.3, 0.4) is 0 Å². The number of aromatic nitrogens is 1. The van der Waals surface area contributed by atoms with E-state index in [1.54, 1.807) is 49.0 Å². The molecule has 1 N–H and O–H groups in total. The molecule has 2 heterocycles. The summed E-state index contributed by atoms with van der Waals surface area (Å²) in [7, 11) is 1.39. The van der Waals surface area contributed by atoms with Gasteiger partial charge in [-0.25, -0.2) is 4.39 Å². The molecule has 0 saturated carbocycles. The Kier molecular flexibility index (Phi) is 4.99. The molecule has 0 aliphatic carbocycles. The summed E-state index contributed by atoms with van der Waals surface area (Å²) < 4.78 is 26.1. The highest BCUT2D eigenvalue weighted by Crippen LogP contribution is 2.27. The average Bonchev–Trinajstić information content (AvgIpc) is 3.28. The molecule has 1 aromatic carbocycles. The third kappa shape index (κ3) is 3.42. The Hall–Kier alpha value is -3.53. The lowest BCUT2D eigenvalue weighted by Gasteiger charge is -2.15. The Balaban J connectivity index is 1.88. The number of hydrogen-bond donors (Lipinski definition) is 1. The van der Waals surface area contributed by atoms with Crippen LogP contribution in [0.4, 0.5) is 4.39 Å². The predicted octanol–water partition coefficient (Wildman–Crippen LogP) is 3.89. The van der Waals surface area contributed by atoms with Crippen LogP contribution in [0.25, 0.3) is 5.88 Å². The minimum atomic E-state index is -0.511. The lowest BCUT2D eigenvalue weighted by molar-refractivity contribution is 0.0938. The van der Waals surface area contributed by atoms with E-state index >= 15 is 0 Å². The van der Waals surface area contributed by atoms with Gasteiger partial charge in [-0.05, 0) is 43.7 Å². The normalized spacial score (nSPS) is 11.7. The van der Waals surface area contributed by atoms with Crippen molar-refractivity contribution >= 4 is 5.91 Å². The van der Waals surface area contributed by atoms with Gasteiger partial charge in [0.25, 0.3) is 5.91 Å². The van der Waals surface area contributed by atoms with Crippen LogP contribution < -0.4 is 10.1 Å². The lowest BCUT2D eigenvalue weighted by atomic mass is 10.1. The predicted molar refractivity (Wildman–Crippen MR) is 96.3 cm³/mol. The van der Waals surface area contributed by atoms with Crippen LogP contribution in [0.5, 0.6) is 5.75 Å². The van der Waals surface area contributed by atoms with Crippen molar-refractivity contribution in [2.45, 2.75) is 19.9 Å². The van der Waals surface area contributed by atoms with E-state index in [2.05, 4.69) is 5.32 Å². The van der Waals surface area contributed by atoms with Gasteiger partial charge in [0.1, 0.15) is 23.0 Å². The molecule has 7 heteroatoms. The van der Waals surface area contributed by atoms with Crippen LogP contribution in [0.2, 0.25) is 0 Å². The summed E-state index contributed by atoms with van der Waals surface area (Å²) in [4.78, 5) is 12.8. The average molecular weight is 367 g/mol. The van der Waals surface area contributed by atoms with Crippen molar-refractivity contribution in [2.24, 2.45) is 0 Å². The fourth-order valence-corrected chi connectivity index (χ4v) is 2.86. The summed E-state index contributed by atoms with van der Waals surface area (Å²) >= 11 is 0. The monoisotopic (exact) mass is 367 g/mol. The molecule has 3 aromatic rings. The SMILES string of the molecule is COc1ccc([C@@H](C)NC(=O)c2c(C)oc(-n3cccc3)c2C#N)cc1F. The van der Waals surface area contributed by atoms with Gasteiger partial charge in [-0.3, -0.25) is 9.36 Å². The minimum Gasteiger partial charge on any atom is -0.494 e. The topological polar surface area (TPSA) is 80.2 Å². The Morgan fingerprint density at radius 3 is 2.67 bits per heavy atom. The van der Waals surface area contributed by atoms with E-state index < -0.39 is 17.8 Å². The van der Waals surface area contributed by atoms with Crippen LogP contribution in [0.15, 0.2) is 47.1 Å². The van der Waals surface area contributed by atoms with Gasteiger partial charge in [-0.15, -0.1) is 0 Å². The van der Waals surface area contributed by atoms with Crippen LogP contribution in [-0.2, 0) is 0 Å². The Labute approximate surface area is 155 Å². The number of hydrogen-bond acceptors (Lipinski definition) is 4. The summed E-state index contributed by atoms with van der Waals surface area (Å²) in [6.45, 7) is 3.36. The molecule has 0 spiro atoms. The summed E-state index contributed by atoms with van der Waals surface area (Å²) in [6, 6.07) is 9.62. The first-order valence-corrected chi connectivity index (χ1v) is 8.27. The minimum absolute atomic E-state index is 0.131. The zero-order valence-electron chi connectivity index (χ0n) is 15.1. The second-order valence-corrected chi connectivity index (χ2v) is 6.00. The standard InChI is InChI=1S/C20H18FN3O3/c1-12(14-6-7-17(26-3)16(21)10-14)23-19(25)18-13(2)27-20(15(18)11-22)24-8-4-5-9-24/h4-10,12H,1-3H3,(H,23,25)/t12-/m1/s1. The molecule has 0 fully saturated rings. The molecule has 0 aliphatic rings. The van der Waals surface area contributed by atoms with Crippen LogP contribution in [0, 0.1) is 24.1 Å². The van der Waals surface area contributed by atoms with Crippen LogP contribution >= 0.6 is 0 Å². The molecule has 0 unspecified atom stereocenters. The largest absolute Gasteiger partial charge is 0.494 e. The summed E-state index contributed by atoms with van der Waals surface area (Å²) in [5, 5.41) is 12.3. The van der Waals surface area contributed by atoms with Crippen molar-refractivity contribution in [1.29, 1.82) is 5.26 Å². The van der Waals surface area contributed by atoms with E-state index in [4.69, 9.17) is 9.15 Å². The number of aryl methyl sites for hydroxylation is 1. The number of halogens is 1. The molecule has 1 amide bonds. The zero-order valence-corrected chi connectivity index (χ0v) is 15.1. The van der Waals surface area contributed by atoms with Gasteiger partial charge < -0.3 is 14.5 Å². The molecule has 0 bridgehead atoms. The van der Waals surface area contributed by atoms with E-state index in [1.807, 2.05) is 6.07 Å². The number of amides is 1. The highest BCUT2D eigenvalue weighted by molar-refractivity contribution is 5.98. The number of nitriles is 1.